The molecule has 0 aliphatic heterocycles. The van der Waals surface area contributed by atoms with Crippen LogP contribution >= 0.6 is 11.3 Å². The van der Waals surface area contributed by atoms with Crippen molar-refractivity contribution in [3.63, 3.8) is 0 Å². The predicted octanol–water partition coefficient (Wildman–Crippen LogP) is 1.89. The van der Waals surface area contributed by atoms with Gasteiger partial charge in [-0.2, -0.15) is 5.10 Å². The average Bonchev–Trinajstić information content (AvgIpc) is 2.79. The molecule has 5 nitrogen and oxygen atoms in total. The smallest absolute Gasteiger partial charge is 0.193 e. The maximum atomic E-state index is 4.57. The van der Waals surface area contributed by atoms with Crippen LogP contribution in [-0.2, 0) is 13.1 Å². The number of nitrogens with zero attached hydrogens (tertiary/aromatic N) is 4. The van der Waals surface area contributed by atoms with E-state index >= 15 is 0 Å². The molecule has 4 rings (SSSR count). The van der Waals surface area contributed by atoms with Crippen LogP contribution < -0.4 is 5.32 Å². The van der Waals surface area contributed by atoms with E-state index in [-0.39, 0.29) is 0 Å². The van der Waals surface area contributed by atoms with Crippen LogP contribution in [0.25, 0.3) is 4.96 Å². The minimum absolute atomic E-state index is 0.727. The number of hydrogen-bond donors (Lipinski definition) is 1. The first kappa shape index (κ1) is 11.2. The van der Waals surface area contributed by atoms with Gasteiger partial charge in [-0.25, -0.2) is 4.98 Å². The van der Waals surface area contributed by atoms with Crippen molar-refractivity contribution < 1.29 is 0 Å². The number of aromatic nitrogens is 4. The first-order valence-corrected chi connectivity index (χ1v) is 7.41. The van der Waals surface area contributed by atoms with E-state index in [1.165, 1.54) is 12.8 Å². The summed E-state index contributed by atoms with van der Waals surface area (Å²) < 4.78 is 4.01. The highest BCUT2D eigenvalue weighted by molar-refractivity contribution is 7.15. The van der Waals surface area contributed by atoms with Gasteiger partial charge in [0.15, 0.2) is 4.96 Å². The normalized spacial score (nSPS) is 15.4. The number of fused-ring (bicyclic) bond motifs is 1. The minimum Gasteiger partial charge on any atom is -0.308 e. The van der Waals surface area contributed by atoms with Gasteiger partial charge >= 0.3 is 0 Å². The minimum atomic E-state index is 0.727. The van der Waals surface area contributed by atoms with Crippen molar-refractivity contribution in [3.8, 4) is 0 Å². The zero-order chi connectivity index (χ0) is 12.7. The Kier molecular flexibility index (Phi) is 2.63. The van der Waals surface area contributed by atoms with Crippen LogP contribution in [-0.4, -0.2) is 25.2 Å². The molecule has 0 aromatic carbocycles. The van der Waals surface area contributed by atoms with E-state index in [1.807, 2.05) is 22.5 Å². The zero-order valence-corrected chi connectivity index (χ0v) is 11.3. The average molecular weight is 273 g/mol. The van der Waals surface area contributed by atoms with Crippen LogP contribution in [0.1, 0.15) is 24.2 Å². The number of imidazole rings is 1. The first-order valence-electron chi connectivity index (χ1n) is 6.53. The van der Waals surface area contributed by atoms with Crippen molar-refractivity contribution in [2.24, 2.45) is 0 Å². The molecule has 19 heavy (non-hydrogen) atoms. The Morgan fingerprint density at radius 2 is 2.26 bits per heavy atom. The highest BCUT2D eigenvalue weighted by Gasteiger charge is 2.20. The van der Waals surface area contributed by atoms with Crippen molar-refractivity contribution in [1.29, 1.82) is 0 Å². The molecule has 1 saturated carbocycles. The van der Waals surface area contributed by atoms with Crippen LogP contribution in [0, 0.1) is 0 Å². The summed E-state index contributed by atoms with van der Waals surface area (Å²) in [7, 11) is 0. The van der Waals surface area contributed by atoms with Crippen LogP contribution in [0.3, 0.4) is 0 Å². The Bertz CT molecular complexity index is 662. The van der Waals surface area contributed by atoms with Crippen molar-refractivity contribution >= 4 is 16.3 Å². The predicted molar refractivity (Wildman–Crippen MR) is 74.3 cm³/mol. The summed E-state index contributed by atoms with van der Waals surface area (Å²) in [6, 6.07) is 2.80. The van der Waals surface area contributed by atoms with Crippen molar-refractivity contribution in [3.05, 3.63) is 41.4 Å². The summed E-state index contributed by atoms with van der Waals surface area (Å²) in [5.41, 5.74) is 2.16. The lowest BCUT2D eigenvalue weighted by Crippen LogP contribution is -2.16. The van der Waals surface area contributed by atoms with E-state index in [2.05, 4.69) is 32.1 Å². The molecular weight excluding hydrogens is 258 g/mol. The van der Waals surface area contributed by atoms with E-state index in [0.717, 1.165) is 35.5 Å². The molecule has 3 aromatic rings. The fraction of sp³-hybridized carbons (Fsp3) is 0.385. The number of nitrogens with one attached hydrogen (secondary N) is 1. The van der Waals surface area contributed by atoms with Gasteiger partial charge in [-0.1, -0.05) is 0 Å². The summed E-state index contributed by atoms with van der Waals surface area (Å²) in [5, 5.41) is 10.1. The van der Waals surface area contributed by atoms with Gasteiger partial charge in [-0.05, 0) is 18.9 Å². The highest BCUT2D eigenvalue weighted by Crippen LogP contribution is 2.19. The summed E-state index contributed by atoms with van der Waals surface area (Å²) >= 11 is 1.65. The molecule has 0 atom stereocenters. The highest BCUT2D eigenvalue weighted by atomic mass is 32.1. The topological polar surface area (TPSA) is 47.1 Å². The molecule has 0 amide bonds. The maximum Gasteiger partial charge on any atom is 0.193 e. The summed E-state index contributed by atoms with van der Waals surface area (Å²) in [4.78, 5) is 5.61. The van der Waals surface area contributed by atoms with Crippen LogP contribution in [0.2, 0.25) is 0 Å². The van der Waals surface area contributed by atoms with Gasteiger partial charge in [-0.3, -0.25) is 9.08 Å². The summed E-state index contributed by atoms with van der Waals surface area (Å²) in [5.74, 6) is 0. The number of thiazole rings is 1. The van der Waals surface area contributed by atoms with Crippen LogP contribution in [0.15, 0.2) is 30.0 Å². The largest absolute Gasteiger partial charge is 0.308 e. The van der Waals surface area contributed by atoms with Crippen LogP contribution in [0.5, 0.6) is 0 Å². The standard InChI is InChI=1S/C13H15N5S/c1-2-10(1)14-7-11-3-4-18(16-11)9-12-8-17-5-6-19-13(17)15-12/h3-6,8,10,14H,1-2,7,9H2. The van der Waals surface area contributed by atoms with Gasteiger partial charge in [0.1, 0.15) is 0 Å². The second-order valence-corrected chi connectivity index (χ2v) is 5.86. The molecule has 3 heterocycles. The molecule has 3 aromatic heterocycles. The quantitative estimate of drug-likeness (QED) is 0.772. The lowest BCUT2D eigenvalue weighted by molar-refractivity contribution is 0.627. The zero-order valence-electron chi connectivity index (χ0n) is 10.5. The van der Waals surface area contributed by atoms with Crippen molar-refractivity contribution in [1.82, 2.24) is 24.5 Å². The van der Waals surface area contributed by atoms with Gasteiger partial charge in [0.25, 0.3) is 0 Å². The molecular formula is C13H15N5S. The van der Waals surface area contributed by atoms with Gasteiger partial charge in [0.05, 0.1) is 17.9 Å². The molecule has 0 bridgehead atoms. The molecule has 0 unspecified atom stereocenters. The van der Waals surface area contributed by atoms with Crippen LogP contribution in [0.4, 0.5) is 0 Å². The van der Waals surface area contributed by atoms with Gasteiger partial charge in [0.2, 0.25) is 0 Å². The SMILES string of the molecule is c1cn2cc(Cn3ccc(CNC4CC4)n3)nc2s1. The third-order valence-corrected chi connectivity index (χ3v) is 4.08. The Hall–Kier alpha value is -1.66. The van der Waals surface area contributed by atoms with Crippen molar-refractivity contribution in [2.75, 3.05) is 0 Å². The van der Waals surface area contributed by atoms with E-state index in [4.69, 9.17) is 0 Å². The molecule has 0 radical (unpaired) electrons. The number of hydrogen-bond acceptors (Lipinski definition) is 4. The molecule has 0 saturated heterocycles. The Balaban J connectivity index is 1.45. The van der Waals surface area contributed by atoms with Gasteiger partial charge in [-0.15, -0.1) is 11.3 Å². The van der Waals surface area contributed by atoms with Gasteiger partial charge < -0.3 is 5.32 Å². The number of rotatable bonds is 5. The van der Waals surface area contributed by atoms with Crippen molar-refractivity contribution in [2.45, 2.75) is 32.0 Å². The summed E-state index contributed by atoms with van der Waals surface area (Å²) in [6.07, 6.45) is 8.75. The lowest BCUT2D eigenvalue weighted by Gasteiger charge is -1.99. The van der Waals surface area contributed by atoms with E-state index in [1.54, 1.807) is 11.3 Å². The molecule has 1 aliphatic carbocycles. The maximum absolute atomic E-state index is 4.57. The Morgan fingerprint density at radius 3 is 3.11 bits per heavy atom. The Labute approximate surface area is 114 Å². The lowest BCUT2D eigenvalue weighted by atomic mass is 10.4. The fourth-order valence-corrected chi connectivity index (χ4v) is 2.86. The first-order chi connectivity index (χ1) is 9.37. The fourth-order valence-electron chi connectivity index (χ4n) is 2.14. The molecule has 6 heteroatoms. The third kappa shape index (κ3) is 2.41. The third-order valence-electron chi connectivity index (χ3n) is 3.31. The molecule has 98 valence electrons. The molecule has 1 fully saturated rings. The molecule has 0 spiro atoms. The van der Waals surface area contributed by atoms with E-state index in [9.17, 15) is 0 Å². The second kappa shape index (κ2) is 4.47. The van der Waals surface area contributed by atoms with E-state index in [0.29, 0.717) is 0 Å². The van der Waals surface area contributed by atoms with Gasteiger partial charge in [0, 0.05) is 36.6 Å². The molecule has 1 N–H and O–H groups in total. The Morgan fingerprint density at radius 1 is 1.32 bits per heavy atom. The molecule has 1 aliphatic rings. The second-order valence-electron chi connectivity index (χ2n) is 4.98. The van der Waals surface area contributed by atoms with E-state index < -0.39 is 0 Å². The summed E-state index contributed by atoms with van der Waals surface area (Å²) in [6.45, 7) is 1.60. The monoisotopic (exact) mass is 273 g/mol.